The summed E-state index contributed by atoms with van der Waals surface area (Å²) in [4.78, 5) is 25.2. The number of ether oxygens (including phenoxy) is 1. The van der Waals surface area contributed by atoms with Crippen molar-refractivity contribution in [2.24, 2.45) is 7.05 Å². The highest BCUT2D eigenvalue weighted by molar-refractivity contribution is 5.69. The lowest BCUT2D eigenvalue weighted by Gasteiger charge is -2.40. The Kier molecular flexibility index (Phi) is 5.20. The first-order valence-corrected chi connectivity index (χ1v) is 9.04. The second-order valence-corrected chi connectivity index (χ2v) is 7.73. The number of hydrogen-bond acceptors (Lipinski definition) is 7. The number of rotatable bonds is 3. The summed E-state index contributed by atoms with van der Waals surface area (Å²) < 4.78 is 7.21. The number of carbonyl (C=O) groups is 1. The van der Waals surface area contributed by atoms with Crippen LogP contribution < -0.4 is 10.2 Å². The van der Waals surface area contributed by atoms with Crippen LogP contribution in [-0.4, -0.2) is 62.0 Å². The van der Waals surface area contributed by atoms with Crippen LogP contribution >= 0.6 is 0 Å². The number of nitrogens with zero attached hydrogens (tertiary/aromatic N) is 6. The summed E-state index contributed by atoms with van der Waals surface area (Å²) in [6.07, 6.45) is 5.04. The Morgan fingerprint density at radius 1 is 1.33 bits per heavy atom. The van der Waals surface area contributed by atoms with Crippen molar-refractivity contribution in [1.29, 1.82) is 0 Å². The second kappa shape index (κ2) is 7.42. The Morgan fingerprint density at radius 3 is 2.74 bits per heavy atom. The predicted molar refractivity (Wildman–Crippen MR) is 103 cm³/mol. The van der Waals surface area contributed by atoms with Gasteiger partial charge in [0, 0.05) is 45.1 Å². The molecule has 3 rings (SSSR count). The van der Waals surface area contributed by atoms with Crippen molar-refractivity contribution in [3.05, 3.63) is 24.7 Å². The molecule has 0 unspecified atom stereocenters. The molecular weight excluding hydrogens is 346 g/mol. The minimum Gasteiger partial charge on any atom is -0.444 e. The molecule has 0 aromatic carbocycles. The molecule has 27 heavy (non-hydrogen) atoms. The van der Waals surface area contributed by atoms with Gasteiger partial charge in [-0.05, 0) is 33.8 Å². The minimum absolute atomic E-state index is 0.0262. The molecule has 1 aliphatic rings. The number of amides is 1. The molecule has 9 nitrogen and oxygen atoms in total. The number of hydrogen-bond donors (Lipinski definition) is 1. The Hall–Kier alpha value is -2.84. The van der Waals surface area contributed by atoms with Crippen LogP contribution in [0.2, 0.25) is 0 Å². The summed E-state index contributed by atoms with van der Waals surface area (Å²) in [5.74, 6) is 1.34. The third kappa shape index (κ3) is 4.87. The van der Waals surface area contributed by atoms with Gasteiger partial charge in [0.25, 0.3) is 0 Å². The van der Waals surface area contributed by atoms with Crippen LogP contribution in [0.3, 0.4) is 0 Å². The normalized spacial score (nSPS) is 17.7. The lowest BCUT2D eigenvalue weighted by atomic mass is 10.2. The van der Waals surface area contributed by atoms with Crippen molar-refractivity contribution >= 4 is 23.5 Å². The first-order valence-electron chi connectivity index (χ1n) is 9.04. The molecule has 0 radical (unpaired) electrons. The fourth-order valence-electron chi connectivity index (χ4n) is 2.96. The topological polar surface area (TPSA) is 88.4 Å². The second-order valence-electron chi connectivity index (χ2n) is 7.73. The zero-order chi connectivity index (χ0) is 19.6. The molecule has 146 valence electrons. The molecule has 1 N–H and O–H groups in total. The van der Waals surface area contributed by atoms with E-state index in [1.807, 2.05) is 47.0 Å². The highest BCUT2D eigenvalue weighted by Gasteiger charge is 2.31. The predicted octanol–water partition coefficient (Wildman–Crippen LogP) is 2.40. The van der Waals surface area contributed by atoms with Gasteiger partial charge in [-0.3, -0.25) is 4.68 Å². The maximum atomic E-state index is 12.4. The van der Waals surface area contributed by atoms with Gasteiger partial charge in [-0.2, -0.15) is 10.1 Å². The molecule has 3 heterocycles. The molecule has 0 bridgehead atoms. The fourth-order valence-corrected chi connectivity index (χ4v) is 2.96. The fraction of sp³-hybridized carbons (Fsp3) is 0.556. The van der Waals surface area contributed by atoms with E-state index < -0.39 is 5.60 Å². The van der Waals surface area contributed by atoms with Crippen LogP contribution in [0.15, 0.2) is 24.7 Å². The molecule has 0 saturated carbocycles. The molecule has 0 aliphatic carbocycles. The summed E-state index contributed by atoms with van der Waals surface area (Å²) in [5, 5.41) is 7.28. The van der Waals surface area contributed by atoms with E-state index in [-0.39, 0.29) is 12.1 Å². The number of piperazine rings is 1. The minimum atomic E-state index is -0.493. The lowest BCUT2D eigenvalue weighted by molar-refractivity contribution is 0.0158. The summed E-state index contributed by atoms with van der Waals surface area (Å²) in [7, 11) is 1.86. The monoisotopic (exact) mass is 373 g/mol. The van der Waals surface area contributed by atoms with Crippen molar-refractivity contribution in [2.75, 3.05) is 29.9 Å². The van der Waals surface area contributed by atoms with Crippen LogP contribution in [0.4, 0.5) is 22.2 Å². The highest BCUT2D eigenvalue weighted by atomic mass is 16.6. The van der Waals surface area contributed by atoms with Crippen molar-refractivity contribution in [3.63, 3.8) is 0 Å². The van der Waals surface area contributed by atoms with Gasteiger partial charge in [0.15, 0.2) is 0 Å². The largest absolute Gasteiger partial charge is 0.444 e. The van der Waals surface area contributed by atoms with Gasteiger partial charge in [-0.15, -0.1) is 0 Å². The highest BCUT2D eigenvalue weighted by Crippen LogP contribution is 2.21. The number of nitrogens with one attached hydrogen (secondary N) is 1. The zero-order valence-electron chi connectivity index (χ0n) is 16.5. The Morgan fingerprint density at radius 2 is 2.11 bits per heavy atom. The van der Waals surface area contributed by atoms with Crippen molar-refractivity contribution in [1.82, 2.24) is 24.6 Å². The molecule has 1 amide bonds. The average molecular weight is 373 g/mol. The van der Waals surface area contributed by atoms with Gasteiger partial charge >= 0.3 is 6.09 Å². The summed E-state index contributed by atoms with van der Waals surface area (Å²) in [5.41, 5.74) is 0.339. The smallest absolute Gasteiger partial charge is 0.410 e. The zero-order valence-corrected chi connectivity index (χ0v) is 16.5. The van der Waals surface area contributed by atoms with Gasteiger partial charge in [0.2, 0.25) is 5.95 Å². The molecule has 2 aromatic heterocycles. The lowest BCUT2D eigenvalue weighted by Crippen LogP contribution is -2.55. The Bertz CT molecular complexity index is 799. The van der Waals surface area contributed by atoms with Crippen LogP contribution in [0.25, 0.3) is 0 Å². The Labute approximate surface area is 159 Å². The number of aryl methyl sites for hydroxylation is 1. The third-order valence-corrected chi connectivity index (χ3v) is 4.18. The molecule has 2 aromatic rings. The molecule has 9 heteroatoms. The van der Waals surface area contributed by atoms with E-state index in [0.717, 1.165) is 11.5 Å². The van der Waals surface area contributed by atoms with Gasteiger partial charge < -0.3 is 19.9 Å². The van der Waals surface area contributed by atoms with E-state index in [1.165, 1.54) is 0 Å². The van der Waals surface area contributed by atoms with Crippen LogP contribution in [0, 0.1) is 0 Å². The van der Waals surface area contributed by atoms with E-state index in [0.29, 0.717) is 25.6 Å². The number of aromatic nitrogens is 4. The summed E-state index contributed by atoms with van der Waals surface area (Å²) in [6.45, 7) is 9.61. The van der Waals surface area contributed by atoms with Crippen molar-refractivity contribution < 1.29 is 9.53 Å². The maximum Gasteiger partial charge on any atom is 0.410 e. The van der Waals surface area contributed by atoms with E-state index >= 15 is 0 Å². The van der Waals surface area contributed by atoms with Crippen LogP contribution in [0.5, 0.6) is 0 Å². The van der Waals surface area contributed by atoms with E-state index in [1.54, 1.807) is 22.0 Å². The van der Waals surface area contributed by atoms with Gasteiger partial charge in [0.1, 0.15) is 11.4 Å². The molecule has 1 aliphatic heterocycles. The molecule has 0 spiro atoms. The third-order valence-electron chi connectivity index (χ3n) is 4.18. The molecule has 1 saturated heterocycles. The molecular formula is C18H27N7O2. The van der Waals surface area contributed by atoms with E-state index in [9.17, 15) is 4.79 Å². The summed E-state index contributed by atoms with van der Waals surface area (Å²) in [6, 6.07) is 1.91. The van der Waals surface area contributed by atoms with Crippen LogP contribution in [-0.2, 0) is 11.8 Å². The summed E-state index contributed by atoms with van der Waals surface area (Å²) >= 11 is 0. The quantitative estimate of drug-likeness (QED) is 0.884. The van der Waals surface area contributed by atoms with Crippen molar-refractivity contribution in [3.8, 4) is 0 Å². The molecule has 1 atom stereocenters. The standard InChI is InChI=1S/C18H27N7O2/c1-13-11-24(8-9-25(13)17(26)27-18(2,3)4)15-6-7-19-16(22-15)21-14-10-20-23(5)12-14/h6-7,10,12-13H,8-9,11H2,1-5H3,(H,19,21,22)/t13-/m0/s1. The van der Waals surface area contributed by atoms with E-state index in [2.05, 4.69) is 25.3 Å². The van der Waals surface area contributed by atoms with E-state index in [4.69, 9.17) is 4.74 Å². The number of anilines is 3. The van der Waals surface area contributed by atoms with Gasteiger partial charge in [-0.1, -0.05) is 0 Å². The van der Waals surface area contributed by atoms with Crippen molar-refractivity contribution in [2.45, 2.75) is 39.3 Å². The van der Waals surface area contributed by atoms with Crippen LogP contribution in [0.1, 0.15) is 27.7 Å². The first-order chi connectivity index (χ1) is 12.7. The average Bonchev–Trinajstić information content (AvgIpc) is 2.98. The molecule has 1 fully saturated rings. The SMILES string of the molecule is C[C@H]1CN(c2ccnc(Nc3cnn(C)c3)n2)CCN1C(=O)OC(C)(C)C. The Balaban J connectivity index is 1.65. The first kappa shape index (κ1) is 18.9. The van der Waals surface area contributed by atoms with Gasteiger partial charge in [0.05, 0.1) is 11.9 Å². The van der Waals surface area contributed by atoms with Gasteiger partial charge in [-0.25, -0.2) is 9.78 Å². The maximum absolute atomic E-state index is 12.4. The number of carbonyl (C=O) groups excluding carboxylic acids is 1.